The molecule has 0 aromatic heterocycles. The number of aliphatic imine (C=N–C) groups is 1. The summed E-state index contributed by atoms with van der Waals surface area (Å²) in [6.45, 7) is 2.52. The first-order valence-electron chi connectivity index (χ1n) is 6.93. The van der Waals surface area contributed by atoms with Gasteiger partial charge in [-0.1, -0.05) is 11.9 Å². The van der Waals surface area contributed by atoms with Crippen molar-refractivity contribution in [3.63, 3.8) is 0 Å². The molecule has 1 aliphatic rings. The van der Waals surface area contributed by atoms with E-state index in [0.29, 0.717) is 19.4 Å². The van der Waals surface area contributed by atoms with E-state index < -0.39 is 6.04 Å². The molecule has 0 aliphatic carbocycles. The van der Waals surface area contributed by atoms with E-state index in [1.54, 1.807) is 11.9 Å². The van der Waals surface area contributed by atoms with Crippen molar-refractivity contribution in [2.45, 2.75) is 37.8 Å². The highest BCUT2D eigenvalue weighted by atomic mass is 32.2. The van der Waals surface area contributed by atoms with Gasteiger partial charge < -0.3 is 22.5 Å². The second-order valence-electron chi connectivity index (χ2n) is 4.95. The number of hydrogen-bond donors (Lipinski definition) is 4. The van der Waals surface area contributed by atoms with Gasteiger partial charge in [-0.15, -0.1) is 0 Å². The summed E-state index contributed by atoms with van der Waals surface area (Å²) in [4.78, 5) is 15.8. The third-order valence-electron chi connectivity index (χ3n) is 3.36. The molecule has 20 heavy (non-hydrogen) atoms. The van der Waals surface area contributed by atoms with E-state index >= 15 is 0 Å². The minimum absolute atomic E-state index is 0.0719. The molecule has 1 fully saturated rings. The lowest BCUT2D eigenvalue weighted by molar-refractivity contribution is -0.123. The van der Waals surface area contributed by atoms with Gasteiger partial charge in [0.25, 0.3) is 0 Å². The van der Waals surface area contributed by atoms with Crippen LogP contribution in [0.2, 0.25) is 0 Å². The quantitative estimate of drug-likeness (QED) is 0.212. The van der Waals surface area contributed by atoms with Crippen molar-refractivity contribution < 1.29 is 4.79 Å². The van der Waals surface area contributed by atoms with Crippen LogP contribution in [-0.4, -0.2) is 54.1 Å². The molecule has 1 amide bonds. The Morgan fingerprint density at radius 3 is 2.65 bits per heavy atom. The van der Waals surface area contributed by atoms with Gasteiger partial charge >= 0.3 is 0 Å². The van der Waals surface area contributed by atoms with Crippen molar-refractivity contribution >= 4 is 23.8 Å². The van der Waals surface area contributed by atoms with Gasteiger partial charge in [-0.3, -0.25) is 14.1 Å². The van der Waals surface area contributed by atoms with Gasteiger partial charge in [0.15, 0.2) is 5.96 Å². The first-order valence-corrected chi connectivity index (χ1v) is 8.11. The zero-order chi connectivity index (χ0) is 15.0. The van der Waals surface area contributed by atoms with Crippen molar-refractivity contribution in [1.82, 2.24) is 9.62 Å². The van der Waals surface area contributed by atoms with E-state index in [2.05, 4.69) is 20.9 Å². The van der Waals surface area contributed by atoms with E-state index in [-0.39, 0.29) is 17.9 Å². The first-order chi connectivity index (χ1) is 9.52. The van der Waals surface area contributed by atoms with E-state index in [0.717, 1.165) is 25.9 Å². The predicted molar refractivity (Wildman–Crippen MR) is 84.1 cm³/mol. The number of nitrogens with two attached hydrogens (primary N) is 3. The highest BCUT2D eigenvalue weighted by Crippen LogP contribution is 2.16. The van der Waals surface area contributed by atoms with Gasteiger partial charge in [0, 0.05) is 25.7 Å². The third-order valence-corrected chi connectivity index (χ3v) is 4.24. The zero-order valence-corrected chi connectivity index (χ0v) is 12.9. The Kier molecular flexibility index (Phi) is 7.71. The van der Waals surface area contributed by atoms with Crippen LogP contribution in [0.3, 0.4) is 0 Å². The Balaban J connectivity index is 2.20. The molecule has 1 saturated heterocycles. The van der Waals surface area contributed by atoms with E-state index in [1.807, 2.05) is 0 Å². The van der Waals surface area contributed by atoms with Gasteiger partial charge in [0.05, 0.1) is 6.04 Å². The Labute approximate surface area is 124 Å². The second-order valence-corrected chi connectivity index (χ2v) is 5.83. The summed E-state index contributed by atoms with van der Waals surface area (Å²) >= 11 is 1.75. The van der Waals surface area contributed by atoms with Crippen LogP contribution < -0.4 is 22.5 Å². The summed E-state index contributed by atoms with van der Waals surface area (Å²) in [6.07, 6.45) is 5.33. The molecular formula is C12H26N6OS. The van der Waals surface area contributed by atoms with Crippen molar-refractivity contribution in [2.24, 2.45) is 22.2 Å². The SMILES string of the molecule is CSN1CCC(NC(=O)C(N)CCCN=C(N)N)CC1. The fourth-order valence-electron chi connectivity index (χ4n) is 2.14. The van der Waals surface area contributed by atoms with Crippen LogP contribution in [0, 0.1) is 0 Å². The fraction of sp³-hybridized carbons (Fsp3) is 0.833. The minimum Gasteiger partial charge on any atom is -0.370 e. The number of piperidine rings is 1. The summed E-state index contributed by atoms with van der Waals surface area (Å²) in [6, 6.07) is -0.238. The molecule has 1 atom stereocenters. The van der Waals surface area contributed by atoms with Crippen molar-refractivity contribution in [3.8, 4) is 0 Å². The topological polar surface area (TPSA) is 123 Å². The number of amides is 1. The van der Waals surface area contributed by atoms with Crippen molar-refractivity contribution in [3.05, 3.63) is 0 Å². The number of carbonyl (C=O) groups is 1. The van der Waals surface area contributed by atoms with Crippen LogP contribution in [0.25, 0.3) is 0 Å². The average Bonchev–Trinajstić information content (AvgIpc) is 2.44. The Bertz CT molecular complexity index is 326. The molecule has 0 radical (unpaired) electrons. The lowest BCUT2D eigenvalue weighted by Gasteiger charge is -2.31. The Morgan fingerprint density at radius 2 is 2.10 bits per heavy atom. The van der Waals surface area contributed by atoms with Crippen LogP contribution in [0.1, 0.15) is 25.7 Å². The highest BCUT2D eigenvalue weighted by molar-refractivity contribution is 7.96. The van der Waals surface area contributed by atoms with Crippen LogP contribution in [0.4, 0.5) is 0 Å². The summed E-state index contributed by atoms with van der Waals surface area (Å²) in [5.41, 5.74) is 16.3. The number of nitrogens with zero attached hydrogens (tertiary/aromatic N) is 2. The zero-order valence-electron chi connectivity index (χ0n) is 12.0. The lowest BCUT2D eigenvalue weighted by Crippen LogP contribution is -2.48. The van der Waals surface area contributed by atoms with Gasteiger partial charge in [0.2, 0.25) is 5.91 Å². The van der Waals surface area contributed by atoms with Crippen LogP contribution in [0.15, 0.2) is 4.99 Å². The maximum absolute atomic E-state index is 12.0. The first kappa shape index (κ1) is 17.1. The Morgan fingerprint density at radius 1 is 1.45 bits per heavy atom. The smallest absolute Gasteiger partial charge is 0.237 e. The van der Waals surface area contributed by atoms with Crippen molar-refractivity contribution in [2.75, 3.05) is 25.9 Å². The number of guanidine groups is 1. The van der Waals surface area contributed by atoms with Gasteiger partial charge in [-0.2, -0.15) is 0 Å². The predicted octanol–water partition coefficient (Wildman–Crippen LogP) is -0.774. The molecule has 0 bridgehead atoms. The summed E-state index contributed by atoms with van der Waals surface area (Å²) in [7, 11) is 0. The maximum Gasteiger partial charge on any atom is 0.237 e. The van der Waals surface area contributed by atoms with Crippen LogP contribution >= 0.6 is 11.9 Å². The molecule has 0 saturated carbocycles. The molecule has 0 aromatic rings. The monoisotopic (exact) mass is 302 g/mol. The molecule has 1 aliphatic heterocycles. The Hall–Kier alpha value is -0.990. The lowest BCUT2D eigenvalue weighted by atomic mass is 10.1. The maximum atomic E-state index is 12.0. The number of rotatable bonds is 7. The molecule has 1 heterocycles. The van der Waals surface area contributed by atoms with Crippen molar-refractivity contribution in [1.29, 1.82) is 0 Å². The molecule has 1 unspecified atom stereocenters. The van der Waals surface area contributed by atoms with E-state index in [9.17, 15) is 4.79 Å². The molecule has 7 N–H and O–H groups in total. The third kappa shape index (κ3) is 6.44. The van der Waals surface area contributed by atoms with Gasteiger partial charge in [-0.05, 0) is 31.9 Å². The van der Waals surface area contributed by atoms with E-state index in [4.69, 9.17) is 17.2 Å². The summed E-state index contributed by atoms with van der Waals surface area (Å²) < 4.78 is 2.30. The van der Waals surface area contributed by atoms with Crippen LogP contribution in [-0.2, 0) is 4.79 Å². The normalized spacial score (nSPS) is 18.5. The molecule has 0 spiro atoms. The molecular weight excluding hydrogens is 276 g/mol. The fourth-order valence-corrected chi connectivity index (χ4v) is 2.72. The summed E-state index contributed by atoms with van der Waals surface area (Å²) in [5.74, 6) is 0.000813. The minimum atomic E-state index is -0.484. The average molecular weight is 302 g/mol. The molecule has 7 nitrogen and oxygen atoms in total. The summed E-state index contributed by atoms with van der Waals surface area (Å²) in [5, 5.41) is 3.03. The largest absolute Gasteiger partial charge is 0.370 e. The highest BCUT2D eigenvalue weighted by Gasteiger charge is 2.22. The van der Waals surface area contributed by atoms with Gasteiger partial charge in [-0.25, -0.2) is 0 Å². The standard InChI is InChI=1S/C12H26N6OS/c1-20-18-7-4-9(5-8-18)17-11(19)10(13)3-2-6-16-12(14)15/h9-10H,2-8,13H2,1H3,(H,17,19)(H4,14,15,16). The van der Waals surface area contributed by atoms with E-state index in [1.165, 1.54) is 0 Å². The number of nitrogens with one attached hydrogen (secondary N) is 1. The number of carbonyl (C=O) groups excluding carboxylic acids is 1. The molecule has 0 aromatic carbocycles. The molecule has 1 rings (SSSR count). The second kappa shape index (κ2) is 9.04. The van der Waals surface area contributed by atoms with Crippen LogP contribution in [0.5, 0.6) is 0 Å². The van der Waals surface area contributed by atoms with Gasteiger partial charge in [0.1, 0.15) is 0 Å². The molecule has 8 heteroatoms. The number of hydrogen-bond acceptors (Lipinski definition) is 5. The molecule has 116 valence electrons.